The lowest BCUT2D eigenvalue weighted by atomic mass is 10.0. The predicted octanol–water partition coefficient (Wildman–Crippen LogP) is 1.11. The Morgan fingerprint density at radius 3 is 2.47 bits per heavy atom. The zero-order valence-electron chi connectivity index (χ0n) is 8.98. The fraction of sp³-hybridized carbons (Fsp3) is 0.818. The van der Waals surface area contributed by atoms with Gasteiger partial charge in [-0.05, 0) is 32.1 Å². The highest BCUT2D eigenvalue weighted by atomic mass is 16.4. The van der Waals surface area contributed by atoms with Crippen molar-refractivity contribution in [3.8, 4) is 0 Å². The van der Waals surface area contributed by atoms with Crippen LogP contribution in [-0.4, -0.2) is 34.5 Å². The van der Waals surface area contributed by atoms with Crippen molar-refractivity contribution >= 4 is 11.9 Å². The third kappa shape index (κ3) is 2.13. The molecule has 1 aliphatic heterocycles. The molecule has 0 aromatic carbocycles. The molecule has 0 radical (unpaired) electrons. The standard InChI is InChI=1S/C11H17NO3/c1-7-9(11(14)15)4-5-12(7)10(13)6-8-2-3-8/h7-9H,2-6H2,1H3,(H,14,15). The van der Waals surface area contributed by atoms with Crippen LogP contribution in [0.2, 0.25) is 0 Å². The van der Waals surface area contributed by atoms with Gasteiger partial charge < -0.3 is 10.0 Å². The van der Waals surface area contributed by atoms with E-state index in [1.807, 2.05) is 6.92 Å². The second-order valence-corrected chi connectivity index (χ2v) is 4.71. The SMILES string of the molecule is CC1C(C(=O)O)CCN1C(=O)CC1CC1. The molecule has 15 heavy (non-hydrogen) atoms. The molecular formula is C11H17NO3. The Morgan fingerprint density at radius 2 is 2.00 bits per heavy atom. The highest BCUT2D eigenvalue weighted by molar-refractivity contribution is 5.79. The van der Waals surface area contributed by atoms with Crippen LogP contribution in [0, 0.1) is 11.8 Å². The smallest absolute Gasteiger partial charge is 0.308 e. The number of nitrogens with zero attached hydrogens (tertiary/aromatic N) is 1. The number of carbonyl (C=O) groups is 2. The van der Waals surface area contributed by atoms with Gasteiger partial charge in [-0.2, -0.15) is 0 Å². The minimum atomic E-state index is -0.774. The Hall–Kier alpha value is -1.06. The molecule has 84 valence electrons. The lowest BCUT2D eigenvalue weighted by Gasteiger charge is -2.23. The number of rotatable bonds is 3. The minimum absolute atomic E-state index is 0.131. The highest BCUT2D eigenvalue weighted by Crippen LogP contribution is 2.34. The number of carbonyl (C=O) groups excluding carboxylic acids is 1. The molecule has 2 fully saturated rings. The molecule has 1 N–H and O–H groups in total. The minimum Gasteiger partial charge on any atom is -0.481 e. The third-order valence-electron chi connectivity index (χ3n) is 3.55. The van der Waals surface area contributed by atoms with E-state index < -0.39 is 5.97 Å². The summed E-state index contributed by atoms with van der Waals surface area (Å²) >= 11 is 0. The van der Waals surface area contributed by atoms with E-state index in [9.17, 15) is 9.59 Å². The molecule has 4 heteroatoms. The Labute approximate surface area is 89.3 Å². The molecule has 1 aliphatic carbocycles. The molecule has 2 rings (SSSR count). The quantitative estimate of drug-likeness (QED) is 0.760. The van der Waals surface area contributed by atoms with E-state index in [-0.39, 0.29) is 17.9 Å². The summed E-state index contributed by atoms with van der Waals surface area (Å²) in [6, 6.07) is -0.131. The fourth-order valence-electron chi connectivity index (χ4n) is 2.31. The van der Waals surface area contributed by atoms with E-state index in [1.165, 1.54) is 0 Å². The van der Waals surface area contributed by atoms with Crippen molar-refractivity contribution in [1.82, 2.24) is 4.90 Å². The van der Waals surface area contributed by atoms with Crippen LogP contribution < -0.4 is 0 Å². The lowest BCUT2D eigenvalue weighted by molar-refractivity contribution is -0.143. The van der Waals surface area contributed by atoms with Gasteiger partial charge >= 0.3 is 5.97 Å². The Balaban J connectivity index is 1.92. The maximum atomic E-state index is 11.8. The highest BCUT2D eigenvalue weighted by Gasteiger charge is 2.39. The van der Waals surface area contributed by atoms with E-state index in [0.717, 1.165) is 12.8 Å². The monoisotopic (exact) mass is 211 g/mol. The van der Waals surface area contributed by atoms with E-state index >= 15 is 0 Å². The van der Waals surface area contributed by atoms with Gasteiger partial charge in [0.25, 0.3) is 0 Å². The van der Waals surface area contributed by atoms with Crippen LogP contribution in [-0.2, 0) is 9.59 Å². The molecule has 0 aromatic heterocycles. The first-order valence-electron chi connectivity index (χ1n) is 5.62. The van der Waals surface area contributed by atoms with Gasteiger partial charge in [0.15, 0.2) is 0 Å². The molecule has 1 amide bonds. The van der Waals surface area contributed by atoms with Gasteiger partial charge in [-0.15, -0.1) is 0 Å². The van der Waals surface area contributed by atoms with Crippen molar-refractivity contribution in [2.24, 2.45) is 11.8 Å². The largest absolute Gasteiger partial charge is 0.481 e. The maximum absolute atomic E-state index is 11.8. The number of amides is 1. The van der Waals surface area contributed by atoms with Crippen molar-refractivity contribution in [2.45, 2.75) is 38.6 Å². The molecule has 2 atom stereocenters. The first-order chi connectivity index (χ1) is 7.09. The van der Waals surface area contributed by atoms with Gasteiger partial charge in [-0.1, -0.05) is 0 Å². The normalized spacial score (nSPS) is 30.6. The van der Waals surface area contributed by atoms with E-state index in [1.54, 1.807) is 4.90 Å². The van der Waals surface area contributed by atoms with Crippen molar-refractivity contribution in [1.29, 1.82) is 0 Å². The van der Waals surface area contributed by atoms with Crippen LogP contribution in [0.5, 0.6) is 0 Å². The molecule has 1 saturated carbocycles. The summed E-state index contributed by atoms with van der Waals surface area (Å²) in [6.07, 6.45) is 3.55. The average molecular weight is 211 g/mol. The van der Waals surface area contributed by atoms with Crippen LogP contribution in [0.3, 0.4) is 0 Å². The summed E-state index contributed by atoms with van der Waals surface area (Å²) in [4.78, 5) is 24.4. The molecule has 0 spiro atoms. The Bertz CT molecular complexity index is 286. The molecule has 0 bridgehead atoms. The number of carboxylic acids is 1. The van der Waals surface area contributed by atoms with E-state index in [4.69, 9.17) is 5.11 Å². The van der Waals surface area contributed by atoms with Crippen molar-refractivity contribution in [2.75, 3.05) is 6.54 Å². The summed E-state index contributed by atoms with van der Waals surface area (Å²) in [7, 11) is 0. The van der Waals surface area contributed by atoms with Gasteiger partial charge in [0.2, 0.25) is 5.91 Å². The second kappa shape index (κ2) is 3.83. The lowest BCUT2D eigenvalue weighted by Crippen LogP contribution is -2.37. The number of likely N-dealkylation sites (tertiary alicyclic amines) is 1. The summed E-state index contributed by atoms with van der Waals surface area (Å²) in [5, 5.41) is 8.94. The predicted molar refractivity (Wildman–Crippen MR) is 54.3 cm³/mol. The summed E-state index contributed by atoms with van der Waals surface area (Å²) in [6.45, 7) is 2.46. The number of carboxylic acid groups (broad SMARTS) is 1. The summed E-state index contributed by atoms with van der Waals surface area (Å²) < 4.78 is 0. The van der Waals surface area contributed by atoms with Gasteiger partial charge in [0, 0.05) is 19.0 Å². The molecular weight excluding hydrogens is 194 g/mol. The Kier molecular flexibility index (Phi) is 2.67. The molecule has 4 nitrogen and oxygen atoms in total. The van der Waals surface area contributed by atoms with E-state index in [2.05, 4.69) is 0 Å². The van der Waals surface area contributed by atoms with Gasteiger partial charge in [0.1, 0.15) is 0 Å². The number of hydrogen-bond donors (Lipinski definition) is 1. The molecule has 1 saturated heterocycles. The van der Waals surface area contributed by atoms with Gasteiger partial charge in [-0.25, -0.2) is 0 Å². The van der Waals surface area contributed by atoms with Crippen LogP contribution in [0.1, 0.15) is 32.6 Å². The summed E-state index contributed by atoms with van der Waals surface area (Å²) in [5.74, 6) is -0.417. The third-order valence-corrected chi connectivity index (χ3v) is 3.55. The topological polar surface area (TPSA) is 57.6 Å². The zero-order chi connectivity index (χ0) is 11.0. The Morgan fingerprint density at radius 1 is 1.33 bits per heavy atom. The number of aliphatic carboxylic acids is 1. The van der Waals surface area contributed by atoms with Crippen molar-refractivity contribution < 1.29 is 14.7 Å². The molecule has 1 heterocycles. The van der Waals surface area contributed by atoms with Crippen LogP contribution in [0.15, 0.2) is 0 Å². The maximum Gasteiger partial charge on any atom is 0.308 e. The summed E-state index contributed by atoms with van der Waals surface area (Å²) in [5.41, 5.74) is 0. The first-order valence-corrected chi connectivity index (χ1v) is 5.62. The number of hydrogen-bond acceptors (Lipinski definition) is 2. The first kappa shape index (κ1) is 10.5. The van der Waals surface area contributed by atoms with Gasteiger partial charge in [-0.3, -0.25) is 9.59 Å². The fourth-order valence-corrected chi connectivity index (χ4v) is 2.31. The van der Waals surface area contributed by atoms with Gasteiger partial charge in [0.05, 0.1) is 5.92 Å². The van der Waals surface area contributed by atoms with Crippen LogP contribution in [0.25, 0.3) is 0 Å². The van der Waals surface area contributed by atoms with E-state index in [0.29, 0.717) is 25.3 Å². The molecule has 0 aromatic rings. The molecule has 2 aliphatic rings. The van der Waals surface area contributed by atoms with Crippen molar-refractivity contribution in [3.63, 3.8) is 0 Å². The molecule has 2 unspecified atom stereocenters. The van der Waals surface area contributed by atoms with Crippen LogP contribution in [0.4, 0.5) is 0 Å². The average Bonchev–Trinajstić information content (AvgIpc) is 2.86. The second-order valence-electron chi connectivity index (χ2n) is 4.71. The van der Waals surface area contributed by atoms with Crippen LogP contribution >= 0.6 is 0 Å². The van der Waals surface area contributed by atoms with Crippen molar-refractivity contribution in [3.05, 3.63) is 0 Å². The zero-order valence-corrected chi connectivity index (χ0v) is 8.98.